The Labute approximate surface area is 202 Å². The molecule has 0 heterocycles. The van der Waals surface area contributed by atoms with Crippen LogP contribution in [-0.2, 0) is 16.5 Å². The van der Waals surface area contributed by atoms with Crippen LogP contribution < -0.4 is 39.4 Å². The van der Waals surface area contributed by atoms with Crippen LogP contribution in [0.15, 0.2) is 47.4 Å². The van der Waals surface area contributed by atoms with Crippen LogP contribution in [0.5, 0.6) is 17.2 Å². The van der Waals surface area contributed by atoms with E-state index in [1.165, 1.54) is 69.1 Å². The van der Waals surface area contributed by atoms with Crippen LogP contribution in [0.1, 0.15) is 70.3 Å². The first-order valence-corrected chi connectivity index (χ1v) is 11.9. The summed E-state index contributed by atoms with van der Waals surface area (Å²) in [6, 6.07) is 10.9. The van der Waals surface area contributed by atoms with E-state index in [-0.39, 0.29) is 35.3 Å². The second kappa shape index (κ2) is 14.1. The number of hydrogen-bond donors (Lipinski definition) is 1. The molecule has 2 aromatic rings. The fourth-order valence-corrected chi connectivity index (χ4v) is 3.91. The average Bonchev–Trinajstić information content (AvgIpc) is 2.68. The molecule has 7 heteroatoms. The topological polar surface area (TPSA) is 86.7 Å². The summed E-state index contributed by atoms with van der Waals surface area (Å²) in [5.74, 6) is -0.630. The van der Waals surface area contributed by atoms with E-state index in [1.807, 2.05) is 12.1 Å². The largest absolute Gasteiger partial charge is 1.00 e. The molecule has 0 amide bonds. The van der Waals surface area contributed by atoms with Crippen molar-refractivity contribution >= 4 is 10.1 Å². The molecule has 1 N–H and O–H groups in total. The van der Waals surface area contributed by atoms with Gasteiger partial charge in [-0.05, 0) is 36.6 Å². The molecule has 0 aliphatic rings. The first-order valence-electron chi connectivity index (χ1n) is 10.5. The van der Waals surface area contributed by atoms with Crippen LogP contribution in [0, 0.1) is 0 Å². The van der Waals surface area contributed by atoms with Gasteiger partial charge in [0.15, 0.2) is 0 Å². The van der Waals surface area contributed by atoms with E-state index < -0.39 is 20.8 Å². The van der Waals surface area contributed by atoms with Crippen LogP contribution in [0.2, 0.25) is 0 Å². The van der Waals surface area contributed by atoms with Gasteiger partial charge in [-0.1, -0.05) is 88.3 Å². The maximum atomic E-state index is 12.0. The molecule has 0 aromatic heterocycles. The standard InChI is InChI=1S/C23H32O5S.Na/c1-2-3-4-5-6-7-8-9-10-12-19-15-17-20(18-16-19)28-23-21(24)13-11-14-22(23)29(25,26)27;/h11,13-18,24H,2-10,12H2,1H3,(H,25,26,27);/q;+1/p-1. The monoisotopic (exact) mass is 442 g/mol. The van der Waals surface area contributed by atoms with Crippen LogP contribution in [0.4, 0.5) is 0 Å². The number of benzene rings is 2. The van der Waals surface area contributed by atoms with Crippen molar-refractivity contribution in [2.75, 3.05) is 0 Å². The summed E-state index contributed by atoms with van der Waals surface area (Å²) in [5, 5.41) is 12.0. The Morgan fingerprint density at radius 2 is 1.43 bits per heavy atom. The minimum absolute atomic E-state index is 0. The third-order valence-electron chi connectivity index (χ3n) is 4.93. The van der Waals surface area contributed by atoms with Gasteiger partial charge in [0.25, 0.3) is 10.1 Å². The van der Waals surface area contributed by atoms with Crippen molar-refractivity contribution in [1.82, 2.24) is 0 Å². The van der Waals surface area contributed by atoms with E-state index in [4.69, 9.17) is 4.74 Å². The zero-order chi connectivity index (χ0) is 21.1. The van der Waals surface area contributed by atoms with Gasteiger partial charge in [0.05, 0.1) is 0 Å². The Kier molecular flexibility index (Phi) is 12.7. The van der Waals surface area contributed by atoms with Crippen LogP contribution >= 0.6 is 0 Å². The smallest absolute Gasteiger partial charge is 0.870 e. The third-order valence-corrected chi connectivity index (χ3v) is 5.81. The number of unbranched alkanes of at least 4 members (excludes halogenated alkanes) is 8. The Morgan fingerprint density at radius 3 is 2.00 bits per heavy atom. The predicted molar refractivity (Wildman–Crippen MR) is 113 cm³/mol. The van der Waals surface area contributed by atoms with Crippen molar-refractivity contribution in [3.05, 3.63) is 48.0 Å². The summed E-state index contributed by atoms with van der Waals surface area (Å²) in [5.41, 5.74) is 1.17. The maximum absolute atomic E-state index is 12.0. The molecule has 2 aromatic carbocycles. The van der Waals surface area contributed by atoms with Crippen molar-refractivity contribution in [3.8, 4) is 17.2 Å². The van der Waals surface area contributed by atoms with Gasteiger partial charge in [-0.25, -0.2) is 0 Å². The molecule has 0 fully saturated rings. The van der Waals surface area contributed by atoms with Gasteiger partial charge in [0, 0.05) is 0 Å². The number of hydrogen-bond acceptors (Lipinski definition) is 4. The second-order valence-electron chi connectivity index (χ2n) is 7.38. The number of para-hydroxylation sites is 1. The Balaban J connectivity index is 0.00000450. The predicted octanol–water partition coefficient (Wildman–Crippen LogP) is 2.88. The van der Waals surface area contributed by atoms with Crippen molar-refractivity contribution in [3.63, 3.8) is 0 Å². The SMILES string of the molecule is CCCCCCCCCCCc1ccc(Oc2c([O-])cccc2S(=O)(=O)O)cc1.[Na+]. The molecule has 0 saturated heterocycles. The summed E-state index contributed by atoms with van der Waals surface area (Å²) in [4.78, 5) is -0.524. The number of ether oxygens (including phenoxy) is 1. The van der Waals surface area contributed by atoms with Crippen molar-refractivity contribution in [2.45, 2.75) is 76.0 Å². The average molecular weight is 443 g/mol. The summed E-state index contributed by atoms with van der Waals surface area (Å²) >= 11 is 0. The quantitative estimate of drug-likeness (QED) is 0.293. The Bertz CT molecular complexity index is 850. The van der Waals surface area contributed by atoms with Gasteiger partial charge in [-0.3, -0.25) is 4.55 Å². The minimum Gasteiger partial charge on any atom is -0.870 e. The molecule has 0 saturated carbocycles. The van der Waals surface area contributed by atoms with Gasteiger partial charge < -0.3 is 9.84 Å². The van der Waals surface area contributed by atoms with Crippen LogP contribution in [0.3, 0.4) is 0 Å². The fourth-order valence-electron chi connectivity index (χ4n) is 3.28. The molecule has 0 aliphatic heterocycles. The molecule has 0 spiro atoms. The van der Waals surface area contributed by atoms with Crippen LogP contribution in [-0.4, -0.2) is 13.0 Å². The van der Waals surface area contributed by atoms with Crippen molar-refractivity contribution in [2.24, 2.45) is 0 Å². The van der Waals surface area contributed by atoms with Gasteiger partial charge >= 0.3 is 29.6 Å². The maximum Gasteiger partial charge on any atom is 1.00 e. The second-order valence-corrected chi connectivity index (χ2v) is 8.77. The number of aryl methyl sites for hydroxylation is 1. The van der Waals surface area contributed by atoms with Crippen molar-refractivity contribution < 1.29 is 52.4 Å². The molecule has 30 heavy (non-hydrogen) atoms. The summed E-state index contributed by atoms with van der Waals surface area (Å²) in [6.07, 6.45) is 12.6. The van der Waals surface area contributed by atoms with E-state index in [1.54, 1.807) is 12.1 Å². The normalized spacial score (nSPS) is 11.1. The Morgan fingerprint density at radius 1 is 0.867 bits per heavy atom. The van der Waals surface area contributed by atoms with E-state index in [2.05, 4.69) is 6.92 Å². The molecule has 0 unspecified atom stereocenters. The minimum atomic E-state index is -4.54. The summed E-state index contributed by atoms with van der Waals surface area (Å²) in [6.45, 7) is 2.23. The molecular formula is C23H31NaO5S. The van der Waals surface area contributed by atoms with E-state index in [0.29, 0.717) is 5.75 Å². The molecule has 0 bridgehead atoms. The third kappa shape index (κ3) is 9.40. The summed E-state index contributed by atoms with van der Waals surface area (Å²) in [7, 11) is -4.54. The van der Waals surface area contributed by atoms with Gasteiger partial charge in [-0.2, -0.15) is 8.42 Å². The van der Waals surface area contributed by atoms with Gasteiger partial charge in [0.2, 0.25) is 0 Å². The van der Waals surface area contributed by atoms with Gasteiger partial charge in [-0.15, -0.1) is 0 Å². The molecule has 5 nitrogen and oxygen atoms in total. The zero-order valence-corrected chi connectivity index (χ0v) is 20.9. The molecular weight excluding hydrogens is 411 g/mol. The zero-order valence-electron chi connectivity index (χ0n) is 18.1. The molecule has 160 valence electrons. The fraction of sp³-hybridized carbons (Fsp3) is 0.478. The molecule has 0 aliphatic carbocycles. The summed E-state index contributed by atoms with van der Waals surface area (Å²) < 4.78 is 37.6. The molecule has 2 rings (SSSR count). The first-order chi connectivity index (χ1) is 13.9. The van der Waals surface area contributed by atoms with E-state index in [0.717, 1.165) is 18.9 Å². The van der Waals surface area contributed by atoms with Crippen LogP contribution in [0.25, 0.3) is 0 Å². The van der Waals surface area contributed by atoms with Gasteiger partial charge in [0.1, 0.15) is 16.4 Å². The van der Waals surface area contributed by atoms with E-state index >= 15 is 0 Å². The first kappa shape index (κ1) is 27.0. The van der Waals surface area contributed by atoms with E-state index in [9.17, 15) is 18.1 Å². The number of rotatable bonds is 13. The van der Waals surface area contributed by atoms with Crippen molar-refractivity contribution in [1.29, 1.82) is 0 Å². The Hall–Kier alpha value is -1.05. The molecule has 0 atom stereocenters. The molecule has 0 radical (unpaired) electrons.